The molecule has 2 heterocycles. The summed E-state index contributed by atoms with van der Waals surface area (Å²) in [5.41, 5.74) is 2.53. The third kappa shape index (κ3) is 2.89. The van der Waals surface area contributed by atoms with Gasteiger partial charge >= 0.3 is 0 Å². The molecule has 0 aliphatic heterocycles. The molecular weight excluding hydrogens is 265 g/mol. The first kappa shape index (κ1) is 11.8. The number of halogens is 2. The van der Waals surface area contributed by atoms with E-state index in [2.05, 4.69) is 15.5 Å². The van der Waals surface area contributed by atoms with Crippen LogP contribution in [0.5, 0.6) is 0 Å². The van der Waals surface area contributed by atoms with Crippen molar-refractivity contribution in [3.63, 3.8) is 0 Å². The molecular formula is C10H7Cl2N3O2. The lowest BCUT2D eigenvalue weighted by Gasteiger charge is -1.94. The average molecular weight is 272 g/mol. The third-order valence-corrected chi connectivity index (χ3v) is 2.56. The number of hydrogen-bond acceptors (Lipinski definition) is 3. The summed E-state index contributed by atoms with van der Waals surface area (Å²) in [6.07, 6.45) is 2.89. The Hall–Kier alpha value is -1.72. The molecule has 5 nitrogen and oxygen atoms in total. The van der Waals surface area contributed by atoms with Crippen LogP contribution in [0.25, 0.3) is 0 Å². The maximum absolute atomic E-state index is 11.5. The maximum atomic E-state index is 11.5. The maximum Gasteiger partial charge on any atom is 0.287 e. The summed E-state index contributed by atoms with van der Waals surface area (Å²) in [6.45, 7) is 0. The van der Waals surface area contributed by atoms with Gasteiger partial charge in [0.1, 0.15) is 16.6 Å². The predicted molar refractivity (Wildman–Crippen MR) is 64.6 cm³/mol. The van der Waals surface area contributed by atoms with Crippen molar-refractivity contribution in [2.75, 3.05) is 0 Å². The zero-order valence-electron chi connectivity index (χ0n) is 8.41. The summed E-state index contributed by atoms with van der Waals surface area (Å²) < 4.78 is 4.99. The molecule has 0 fully saturated rings. The Morgan fingerprint density at radius 2 is 2.35 bits per heavy atom. The summed E-state index contributed by atoms with van der Waals surface area (Å²) in [5.74, 6) is 0.0921. The predicted octanol–water partition coefficient (Wildman–Crippen LogP) is 2.68. The monoisotopic (exact) mass is 271 g/mol. The molecule has 88 valence electrons. The number of aromatic nitrogens is 1. The van der Waals surface area contributed by atoms with Crippen molar-refractivity contribution in [1.29, 1.82) is 0 Å². The molecule has 2 N–H and O–H groups in total. The number of nitrogens with zero attached hydrogens (tertiary/aromatic N) is 1. The van der Waals surface area contributed by atoms with Gasteiger partial charge in [-0.1, -0.05) is 23.2 Å². The van der Waals surface area contributed by atoms with Gasteiger partial charge in [0.2, 0.25) is 0 Å². The zero-order valence-corrected chi connectivity index (χ0v) is 9.92. The summed E-state index contributed by atoms with van der Waals surface area (Å²) in [6, 6.07) is 4.84. The van der Waals surface area contributed by atoms with Gasteiger partial charge in [-0.25, -0.2) is 5.43 Å². The normalized spacial score (nSPS) is 10.9. The molecule has 2 rings (SSSR count). The smallest absolute Gasteiger partial charge is 0.287 e. The van der Waals surface area contributed by atoms with Gasteiger partial charge in [0.25, 0.3) is 5.91 Å². The van der Waals surface area contributed by atoms with Gasteiger partial charge < -0.3 is 9.40 Å². The lowest BCUT2D eigenvalue weighted by atomic mass is 10.4. The van der Waals surface area contributed by atoms with Crippen LogP contribution in [0.2, 0.25) is 10.2 Å². The van der Waals surface area contributed by atoms with E-state index in [-0.39, 0.29) is 15.9 Å². The van der Waals surface area contributed by atoms with Crippen LogP contribution in [-0.2, 0) is 0 Å². The van der Waals surface area contributed by atoms with Crippen molar-refractivity contribution in [2.24, 2.45) is 5.10 Å². The average Bonchev–Trinajstić information content (AvgIpc) is 2.90. The molecule has 17 heavy (non-hydrogen) atoms. The number of hydrogen-bond donors (Lipinski definition) is 2. The largest absolute Gasteiger partial charge is 0.463 e. The van der Waals surface area contributed by atoms with Crippen LogP contribution < -0.4 is 5.43 Å². The number of furan rings is 1. The van der Waals surface area contributed by atoms with Crippen LogP contribution in [0, 0.1) is 0 Å². The van der Waals surface area contributed by atoms with Gasteiger partial charge in [-0.15, -0.1) is 0 Å². The van der Waals surface area contributed by atoms with E-state index in [0.717, 1.165) is 0 Å². The molecule has 0 aliphatic carbocycles. The van der Waals surface area contributed by atoms with Crippen molar-refractivity contribution in [3.05, 3.63) is 46.1 Å². The van der Waals surface area contributed by atoms with Crippen molar-refractivity contribution in [3.8, 4) is 0 Å². The van der Waals surface area contributed by atoms with Gasteiger partial charge in [0.15, 0.2) is 0 Å². The van der Waals surface area contributed by atoms with Crippen LogP contribution >= 0.6 is 23.2 Å². The second kappa shape index (κ2) is 5.07. The van der Waals surface area contributed by atoms with E-state index < -0.39 is 5.91 Å². The number of carbonyl (C=O) groups is 1. The standard InChI is InChI=1S/C10H7Cl2N3O2/c11-7-4-8(14-9(7)12)10(16)15-13-5-6-2-1-3-17-6/h1-5,14H,(H,15,16)/b13-5+. The fraction of sp³-hybridized carbons (Fsp3) is 0. The Balaban J connectivity index is 1.98. The van der Waals surface area contributed by atoms with Crippen molar-refractivity contribution >= 4 is 35.3 Å². The Morgan fingerprint density at radius 1 is 1.53 bits per heavy atom. The van der Waals surface area contributed by atoms with Crippen molar-refractivity contribution in [1.82, 2.24) is 10.4 Å². The highest BCUT2D eigenvalue weighted by molar-refractivity contribution is 6.41. The first-order valence-electron chi connectivity index (χ1n) is 4.58. The molecule has 0 aromatic carbocycles. The van der Waals surface area contributed by atoms with E-state index in [9.17, 15) is 4.79 Å². The highest BCUT2D eigenvalue weighted by Gasteiger charge is 2.10. The lowest BCUT2D eigenvalue weighted by molar-refractivity contribution is 0.0951. The van der Waals surface area contributed by atoms with Crippen LogP contribution in [0.4, 0.5) is 0 Å². The summed E-state index contributed by atoms with van der Waals surface area (Å²) in [5, 5.41) is 4.20. The molecule has 0 aliphatic rings. The number of nitrogens with one attached hydrogen (secondary N) is 2. The summed E-state index contributed by atoms with van der Waals surface area (Å²) in [4.78, 5) is 14.1. The van der Waals surface area contributed by atoms with Gasteiger partial charge in [0, 0.05) is 0 Å². The second-order valence-corrected chi connectivity index (χ2v) is 3.84. The van der Waals surface area contributed by atoms with Crippen LogP contribution in [-0.4, -0.2) is 17.1 Å². The molecule has 0 atom stereocenters. The van der Waals surface area contributed by atoms with Gasteiger partial charge in [-0.05, 0) is 18.2 Å². The first-order chi connectivity index (χ1) is 8.16. The van der Waals surface area contributed by atoms with E-state index in [1.165, 1.54) is 18.5 Å². The van der Waals surface area contributed by atoms with E-state index in [1.807, 2.05) is 0 Å². The van der Waals surface area contributed by atoms with Gasteiger partial charge in [-0.3, -0.25) is 4.79 Å². The minimum Gasteiger partial charge on any atom is -0.463 e. The first-order valence-corrected chi connectivity index (χ1v) is 5.33. The van der Waals surface area contributed by atoms with Gasteiger partial charge in [-0.2, -0.15) is 5.10 Å². The number of aromatic amines is 1. The molecule has 7 heteroatoms. The molecule has 2 aromatic heterocycles. The fourth-order valence-corrected chi connectivity index (χ4v) is 1.42. The van der Waals surface area contributed by atoms with Crippen LogP contribution in [0.3, 0.4) is 0 Å². The molecule has 0 spiro atoms. The number of rotatable bonds is 3. The number of amides is 1. The topological polar surface area (TPSA) is 70.4 Å². The Kier molecular flexibility index (Phi) is 3.51. The molecule has 0 saturated heterocycles. The van der Waals surface area contributed by atoms with Crippen LogP contribution in [0.1, 0.15) is 16.2 Å². The third-order valence-electron chi connectivity index (χ3n) is 1.87. The van der Waals surface area contributed by atoms with E-state index in [4.69, 9.17) is 27.6 Å². The SMILES string of the molecule is O=C(N/N=C/c1ccco1)c1cc(Cl)c(Cl)[nH]1. The molecule has 1 amide bonds. The lowest BCUT2D eigenvalue weighted by Crippen LogP contribution is -2.17. The molecule has 0 saturated carbocycles. The van der Waals surface area contributed by atoms with Crippen molar-refractivity contribution < 1.29 is 9.21 Å². The number of hydrazone groups is 1. The van der Waals surface area contributed by atoms with Gasteiger partial charge in [0.05, 0.1) is 17.5 Å². The summed E-state index contributed by atoms with van der Waals surface area (Å²) in [7, 11) is 0. The molecule has 0 unspecified atom stereocenters. The Bertz CT molecular complexity index is 526. The van der Waals surface area contributed by atoms with E-state index in [0.29, 0.717) is 5.76 Å². The minimum atomic E-state index is -0.443. The molecule has 2 aromatic rings. The quantitative estimate of drug-likeness (QED) is 0.666. The molecule has 0 bridgehead atoms. The Morgan fingerprint density at radius 3 is 2.94 bits per heavy atom. The summed E-state index contributed by atoms with van der Waals surface area (Å²) >= 11 is 11.4. The minimum absolute atomic E-state index is 0.215. The van der Waals surface area contributed by atoms with E-state index >= 15 is 0 Å². The zero-order chi connectivity index (χ0) is 12.3. The second-order valence-electron chi connectivity index (χ2n) is 3.06. The molecule has 0 radical (unpaired) electrons. The number of carbonyl (C=O) groups excluding carboxylic acids is 1. The Labute approximate surface area is 106 Å². The van der Waals surface area contributed by atoms with E-state index in [1.54, 1.807) is 12.1 Å². The fourth-order valence-electron chi connectivity index (χ4n) is 1.11. The van der Waals surface area contributed by atoms with Crippen LogP contribution in [0.15, 0.2) is 34.0 Å². The highest BCUT2D eigenvalue weighted by atomic mass is 35.5. The van der Waals surface area contributed by atoms with Crippen molar-refractivity contribution in [2.45, 2.75) is 0 Å². The number of H-pyrrole nitrogens is 1. The highest BCUT2D eigenvalue weighted by Crippen LogP contribution is 2.21.